The fraction of sp³-hybridized carbons (Fsp3) is 0.238. The molecule has 6 nitrogen and oxygen atoms in total. The van der Waals surface area contributed by atoms with Gasteiger partial charge in [0.15, 0.2) is 0 Å². The lowest BCUT2D eigenvalue weighted by atomic mass is 10.2. The van der Waals surface area contributed by atoms with Crippen molar-refractivity contribution < 1.29 is 30.8 Å². The number of carbonyl (C=O) groups excluding carboxylic acids is 1. The summed E-state index contributed by atoms with van der Waals surface area (Å²) in [5, 5.41) is 1.86. The van der Waals surface area contributed by atoms with Crippen molar-refractivity contribution in [1.29, 1.82) is 0 Å². The molecule has 1 aliphatic rings. The molecule has 12 heteroatoms. The van der Waals surface area contributed by atoms with Gasteiger partial charge in [0.25, 0.3) is 5.91 Å². The van der Waals surface area contributed by atoms with Gasteiger partial charge in [-0.1, -0.05) is 18.2 Å². The van der Waals surface area contributed by atoms with Gasteiger partial charge in [-0.15, -0.1) is 11.3 Å². The van der Waals surface area contributed by atoms with Crippen LogP contribution in [0.5, 0.6) is 0 Å². The van der Waals surface area contributed by atoms with Gasteiger partial charge >= 0.3 is 6.18 Å². The van der Waals surface area contributed by atoms with Gasteiger partial charge in [-0.2, -0.15) is 17.5 Å². The van der Waals surface area contributed by atoms with Gasteiger partial charge in [-0.05, 0) is 30.3 Å². The second-order valence-electron chi connectivity index (χ2n) is 7.24. The highest BCUT2D eigenvalue weighted by atomic mass is 32.2. The average molecular weight is 500 g/mol. The zero-order valence-corrected chi connectivity index (χ0v) is 18.6. The smallest absolute Gasteiger partial charge is 0.335 e. The minimum Gasteiger partial charge on any atom is -0.335 e. The molecule has 3 aromatic rings. The van der Waals surface area contributed by atoms with Crippen LogP contribution in [0.1, 0.15) is 16.1 Å². The van der Waals surface area contributed by atoms with Gasteiger partial charge in [-0.25, -0.2) is 17.8 Å². The SMILES string of the molecule is O=C(c1csc(-c2ccccc2F)n1)N1CCN(S(=O)(=O)c2cccc(C(F)(F)F)c2)CC1. The van der Waals surface area contributed by atoms with Crippen LogP contribution < -0.4 is 0 Å². The molecule has 0 bridgehead atoms. The van der Waals surface area contributed by atoms with E-state index in [4.69, 9.17) is 0 Å². The number of sulfonamides is 1. The molecule has 0 spiro atoms. The molecule has 0 saturated carbocycles. The van der Waals surface area contributed by atoms with Crippen molar-refractivity contribution in [2.24, 2.45) is 0 Å². The maximum atomic E-state index is 14.0. The van der Waals surface area contributed by atoms with Crippen LogP contribution in [-0.2, 0) is 16.2 Å². The summed E-state index contributed by atoms with van der Waals surface area (Å²) >= 11 is 1.12. The fourth-order valence-electron chi connectivity index (χ4n) is 3.41. The first-order valence-corrected chi connectivity index (χ1v) is 12.1. The molecule has 1 amide bonds. The van der Waals surface area contributed by atoms with Crippen LogP contribution >= 0.6 is 11.3 Å². The first-order chi connectivity index (χ1) is 15.6. The number of nitrogens with zero attached hydrogens (tertiary/aromatic N) is 3. The van der Waals surface area contributed by atoms with Gasteiger partial charge in [0.05, 0.1) is 10.5 Å². The van der Waals surface area contributed by atoms with Crippen LogP contribution in [0.4, 0.5) is 17.6 Å². The number of hydrogen-bond donors (Lipinski definition) is 0. The van der Waals surface area contributed by atoms with E-state index in [9.17, 15) is 30.8 Å². The zero-order valence-electron chi connectivity index (χ0n) is 16.9. The second kappa shape index (κ2) is 8.84. The first kappa shape index (κ1) is 23.3. The molecule has 1 saturated heterocycles. The van der Waals surface area contributed by atoms with E-state index in [1.54, 1.807) is 18.2 Å². The summed E-state index contributed by atoms with van der Waals surface area (Å²) in [4.78, 5) is 18.0. The zero-order chi connectivity index (χ0) is 23.8. The molecular formula is C21H17F4N3O3S2. The van der Waals surface area contributed by atoms with E-state index in [-0.39, 0.29) is 37.4 Å². The van der Waals surface area contributed by atoms with E-state index in [1.807, 2.05) is 0 Å². The van der Waals surface area contributed by atoms with Gasteiger partial charge in [0.2, 0.25) is 10.0 Å². The van der Waals surface area contributed by atoms with E-state index in [0.717, 1.165) is 33.8 Å². The summed E-state index contributed by atoms with van der Waals surface area (Å²) in [5.41, 5.74) is -0.655. The molecular weight excluding hydrogens is 482 g/mol. The molecule has 0 unspecified atom stereocenters. The largest absolute Gasteiger partial charge is 0.416 e. The Kier molecular flexibility index (Phi) is 6.25. The molecule has 1 aliphatic heterocycles. The number of rotatable bonds is 4. The van der Waals surface area contributed by atoms with Crippen LogP contribution in [-0.4, -0.2) is 54.7 Å². The number of hydrogen-bond acceptors (Lipinski definition) is 5. The van der Waals surface area contributed by atoms with E-state index >= 15 is 0 Å². The lowest BCUT2D eigenvalue weighted by Gasteiger charge is -2.33. The highest BCUT2D eigenvalue weighted by Gasteiger charge is 2.34. The minimum absolute atomic E-state index is 0.0452. The molecule has 0 N–H and O–H groups in total. The maximum Gasteiger partial charge on any atom is 0.416 e. The Bertz CT molecular complexity index is 1280. The molecule has 33 heavy (non-hydrogen) atoms. The third kappa shape index (κ3) is 4.77. The van der Waals surface area contributed by atoms with Crippen LogP contribution in [0.3, 0.4) is 0 Å². The van der Waals surface area contributed by atoms with E-state index in [0.29, 0.717) is 11.1 Å². The van der Waals surface area contributed by atoms with Crippen molar-refractivity contribution in [3.8, 4) is 10.6 Å². The molecule has 4 rings (SSSR count). The van der Waals surface area contributed by atoms with Gasteiger partial charge < -0.3 is 4.90 Å². The van der Waals surface area contributed by atoms with Crippen molar-refractivity contribution in [2.75, 3.05) is 26.2 Å². The Morgan fingerprint density at radius 3 is 2.36 bits per heavy atom. The highest BCUT2D eigenvalue weighted by Crippen LogP contribution is 2.31. The third-order valence-corrected chi connectivity index (χ3v) is 7.92. The summed E-state index contributed by atoms with van der Waals surface area (Å²) in [6.45, 7) is -0.0591. The standard InChI is InChI=1S/C21H17F4N3O3S2/c22-17-7-2-1-6-16(17)19-26-18(13-32-19)20(29)27-8-10-28(11-9-27)33(30,31)15-5-3-4-14(12-15)21(23,24)25/h1-7,12-13H,8-11H2. The summed E-state index contributed by atoms with van der Waals surface area (Å²) in [5.74, 6) is -0.885. The number of alkyl halides is 3. The molecule has 1 fully saturated rings. The van der Waals surface area contributed by atoms with Crippen LogP contribution in [0, 0.1) is 5.82 Å². The van der Waals surface area contributed by atoms with Crippen LogP contribution in [0.15, 0.2) is 58.8 Å². The number of piperazine rings is 1. The summed E-state index contributed by atoms with van der Waals surface area (Å²) in [7, 11) is -4.16. The van der Waals surface area contributed by atoms with Crippen molar-refractivity contribution in [3.63, 3.8) is 0 Å². The molecule has 2 heterocycles. The highest BCUT2D eigenvalue weighted by molar-refractivity contribution is 7.89. The number of halogens is 4. The Balaban J connectivity index is 1.45. The number of thiazole rings is 1. The normalized spacial score (nSPS) is 15.6. The summed E-state index contributed by atoms with van der Waals surface area (Å²) < 4.78 is 79.5. The Hall–Kier alpha value is -2.83. The van der Waals surface area contributed by atoms with Crippen molar-refractivity contribution in [1.82, 2.24) is 14.2 Å². The molecule has 2 aromatic carbocycles. The minimum atomic E-state index is -4.66. The van der Waals surface area contributed by atoms with Gasteiger partial charge in [0, 0.05) is 37.1 Å². The molecule has 0 aliphatic carbocycles. The predicted molar refractivity (Wildman–Crippen MR) is 114 cm³/mol. The number of carbonyl (C=O) groups is 1. The predicted octanol–water partition coefficient (Wildman–Crippen LogP) is 4.11. The van der Waals surface area contributed by atoms with E-state index < -0.39 is 38.4 Å². The summed E-state index contributed by atoms with van der Waals surface area (Å²) in [6, 6.07) is 9.62. The number of aromatic nitrogens is 1. The van der Waals surface area contributed by atoms with E-state index in [2.05, 4.69) is 4.98 Å². The maximum absolute atomic E-state index is 14.0. The van der Waals surface area contributed by atoms with Gasteiger partial charge in [-0.3, -0.25) is 4.79 Å². The number of benzene rings is 2. The lowest BCUT2D eigenvalue weighted by molar-refractivity contribution is -0.137. The Labute approximate surface area is 191 Å². The number of amides is 1. The fourth-order valence-corrected chi connectivity index (χ4v) is 5.69. The van der Waals surface area contributed by atoms with E-state index in [1.165, 1.54) is 16.3 Å². The lowest BCUT2D eigenvalue weighted by Crippen LogP contribution is -2.50. The third-order valence-electron chi connectivity index (χ3n) is 5.15. The average Bonchev–Trinajstić information content (AvgIpc) is 3.28. The Morgan fingerprint density at radius 2 is 1.70 bits per heavy atom. The monoisotopic (exact) mass is 499 g/mol. The van der Waals surface area contributed by atoms with Crippen molar-refractivity contribution in [3.05, 3.63) is 71.0 Å². The van der Waals surface area contributed by atoms with Crippen LogP contribution in [0.2, 0.25) is 0 Å². The quantitative estimate of drug-likeness (QED) is 0.507. The first-order valence-electron chi connectivity index (χ1n) is 9.74. The van der Waals surface area contributed by atoms with Crippen molar-refractivity contribution in [2.45, 2.75) is 11.1 Å². The molecule has 1 aromatic heterocycles. The van der Waals surface area contributed by atoms with Crippen LogP contribution in [0.25, 0.3) is 10.6 Å². The van der Waals surface area contributed by atoms with Crippen molar-refractivity contribution >= 4 is 27.3 Å². The summed E-state index contributed by atoms with van der Waals surface area (Å²) in [6.07, 6.45) is -4.66. The molecule has 174 valence electrons. The Morgan fingerprint density at radius 1 is 1.00 bits per heavy atom. The molecule has 0 radical (unpaired) electrons. The van der Waals surface area contributed by atoms with Gasteiger partial charge in [0.1, 0.15) is 16.5 Å². The second-order valence-corrected chi connectivity index (χ2v) is 10.0. The topological polar surface area (TPSA) is 70.6 Å². The molecule has 0 atom stereocenters.